The summed E-state index contributed by atoms with van der Waals surface area (Å²) in [7, 11) is 3.95. The number of carbonyl (C=O) groups excluding carboxylic acids is 1. The molecule has 3 aliphatic rings. The topological polar surface area (TPSA) is 60.0 Å². The van der Waals surface area contributed by atoms with Gasteiger partial charge in [-0.3, -0.25) is 4.79 Å². The summed E-state index contributed by atoms with van der Waals surface area (Å²) >= 11 is 0. The summed E-state index contributed by atoms with van der Waals surface area (Å²) in [6.45, 7) is 4.39. The molecule has 49 heavy (non-hydrogen) atoms. The average Bonchev–Trinajstić information content (AvgIpc) is 3.45. The average molecular weight is 659 g/mol. The zero-order valence-electron chi connectivity index (χ0n) is 29.1. The van der Waals surface area contributed by atoms with Gasteiger partial charge in [0.15, 0.2) is 0 Å². The minimum absolute atomic E-state index is 0.00263. The van der Waals surface area contributed by atoms with Crippen LogP contribution in [-0.2, 0) is 29.2 Å². The second-order valence-electron chi connectivity index (χ2n) is 14.8. The summed E-state index contributed by atoms with van der Waals surface area (Å²) in [6, 6.07) is 35.6. The fourth-order valence-corrected chi connectivity index (χ4v) is 8.89. The minimum Gasteiger partial charge on any atom is -0.490 e. The van der Waals surface area contributed by atoms with E-state index in [-0.39, 0.29) is 23.5 Å². The molecule has 6 atom stereocenters. The highest BCUT2D eigenvalue weighted by Gasteiger charge is 2.59. The van der Waals surface area contributed by atoms with Crippen molar-refractivity contribution in [1.82, 2.24) is 4.90 Å². The normalized spacial score (nSPS) is 25.6. The fraction of sp³-hybridized carbons (Fsp3) is 0.419. The quantitative estimate of drug-likeness (QED) is 0.165. The molecule has 1 N–H and O–H groups in total. The molecule has 0 bridgehead atoms. The van der Waals surface area contributed by atoms with E-state index in [0.29, 0.717) is 37.4 Å². The Labute approximate surface area is 291 Å². The number of rotatable bonds is 12. The van der Waals surface area contributed by atoms with Gasteiger partial charge in [-0.2, -0.15) is 0 Å². The third kappa shape index (κ3) is 7.56. The van der Waals surface area contributed by atoms with Crippen molar-refractivity contribution in [2.75, 3.05) is 26.0 Å². The number of benzene rings is 4. The first-order valence-electron chi connectivity index (χ1n) is 18.0. The van der Waals surface area contributed by atoms with Crippen LogP contribution in [0.1, 0.15) is 67.2 Å². The number of aryl methyl sites for hydroxylation is 1. The van der Waals surface area contributed by atoms with Gasteiger partial charge in [-0.1, -0.05) is 73.7 Å². The van der Waals surface area contributed by atoms with Crippen LogP contribution in [0.3, 0.4) is 0 Å². The molecule has 6 heteroatoms. The van der Waals surface area contributed by atoms with Crippen LogP contribution in [0, 0.1) is 17.3 Å². The molecule has 0 aliphatic heterocycles. The fourth-order valence-electron chi connectivity index (χ4n) is 8.89. The van der Waals surface area contributed by atoms with Crippen molar-refractivity contribution in [1.29, 1.82) is 0 Å². The largest absolute Gasteiger partial charge is 0.490 e. The number of amides is 1. The molecule has 4 aromatic carbocycles. The maximum Gasteiger partial charge on any atom is 0.225 e. The van der Waals surface area contributed by atoms with Gasteiger partial charge in [-0.15, -0.1) is 0 Å². The van der Waals surface area contributed by atoms with Crippen molar-refractivity contribution in [3.05, 3.63) is 125 Å². The molecule has 2 saturated carbocycles. The molecule has 3 aliphatic carbocycles. The Kier molecular flexibility index (Phi) is 10.1. The summed E-state index contributed by atoms with van der Waals surface area (Å²) in [5.74, 6) is 3.19. The third-order valence-corrected chi connectivity index (χ3v) is 11.3. The molecule has 7 rings (SSSR count). The minimum atomic E-state index is 0.00263. The highest BCUT2D eigenvalue weighted by atomic mass is 16.5. The first-order valence-corrected chi connectivity index (χ1v) is 18.0. The molecule has 2 fully saturated rings. The summed E-state index contributed by atoms with van der Waals surface area (Å²) in [5.41, 5.74) is 6.01. The van der Waals surface area contributed by atoms with Crippen molar-refractivity contribution in [3.63, 3.8) is 0 Å². The van der Waals surface area contributed by atoms with E-state index >= 15 is 0 Å². The molecule has 0 aromatic heterocycles. The van der Waals surface area contributed by atoms with Crippen molar-refractivity contribution in [3.8, 4) is 11.5 Å². The van der Waals surface area contributed by atoms with E-state index in [0.717, 1.165) is 49.4 Å². The standard InChI is InChI=1S/C43H50N2O4/c1-43-27-39(49-34-17-15-33(16-18-34)44-41(46)24-25-45(2)3)42-36-21-19-35(47-28-30-10-6-4-7-11-30)26-32(36)14-20-37(42)38(43)22-23-40(43)48-29-31-12-8-5-9-13-31/h4-13,15-19,21,26,37-40,42H,14,20,22-25,27-29H2,1-3H3,(H,44,46)/t37-,38-,39-,40-,42+,43-/m0/s1. The number of anilines is 1. The lowest BCUT2D eigenvalue weighted by Gasteiger charge is -2.53. The van der Waals surface area contributed by atoms with Gasteiger partial charge in [0.1, 0.15) is 24.2 Å². The van der Waals surface area contributed by atoms with E-state index in [1.54, 1.807) is 0 Å². The predicted molar refractivity (Wildman–Crippen MR) is 195 cm³/mol. The Balaban J connectivity index is 1.13. The molecule has 1 amide bonds. The summed E-state index contributed by atoms with van der Waals surface area (Å²) in [5, 5.41) is 3.03. The van der Waals surface area contributed by atoms with Gasteiger partial charge in [-0.25, -0.2) is 0 Å². The molecule has 0 saturated heterocycles. The van der Waals surface area contributed by atoms with E-state index in [9.17, 15) is 4.79 Å². The van der Waals surface area contributed by atoms with Crippen LogP contribution >= 0.6 is 0 Å². The SMILES string of the molecule is CN(C)CCC(=O)Nc1ccc(O[C@H]2C[C@]3(C)[C@@H](OCc4ccccc4)CC[C@H]3[C@@H]3CCc4cc(OCc5ccccc5)ccc4[C@H]32)cc1. The van der Waals surface area contributed by atoms with Gasteiger partial charge in [0.25, 0.3) is 0 Å². The van der Waals surface area contributed by atoms with Gasteiger partial charge in [0.2, 0.25) is 5.91 Å². The highest BCUT2D eigenvalue weighted by Crippen LogP contribution is 2.62. The number of carbonyl (C=O) groups is 1. The first kappa shape index (κ1) is 33.4. The van der Waals surface area contributed by atoms with Crippen LogP contribution in [0.2, 0.25) is 0 Å². The molecule has 0 radical (unpaired) electrons. The Morgan fingerprint density at radius 1 is 0.837 bits per heavy atom. The number of hydrogen-bond acceptors (Lipinski definition) is 5. The smallest absolute Gasteiger partial charge is 0.225 e. The van der Waals surface area contributed by atoms with E-state index in [2.05, 4.69) is 85.0 Å². The number of nitrogens with one attached hydrogen (secondary N) is 1. The lowest BCUT2D eigenvalue weighted by atomic mass is 9.54. The molecular formula is C43H50N2O4. The Hall–Kier alpha value is -4.13. The summed E-state index contributed by atoms with van der Waals surface area (Å²) < 4.78 is 20.1. The summed E-state index contributed by atoms with van der Waals surface area (Å²) in [4.78, 5) is 14.5. The van der Waals surface area contributed by atoms with Crippen molar-refractivity contribution >= 4 is 11.6 Å². The second kappa shape index (κ2) is 14.8. The maximum absolute atomic E-state index is 12.5. The van der Waals surface area contributed by atoms with E-state index in [1.165, 1.54) is 28.7 Å². The van der Waals surface area contributed by atoms with E-state index in [1.807, 2.05) is 49.3 Å². The van der Waals surface area contributed by atoms with Crippen LogP contribution in [0.15, 0.2) is 103 Å². The van der Waals surface area contributed by atoms with Crippen molar-refractivity contribution in [2.24, 2.45) is 17.3 Å². The van der Waals surface area contributed by atoms with Crippen molar-refractivity contribution < 1.29 is 19.0 Å². The van der Waals surface area contributed by atoms with Crippen LogP contribution in [0.25, 0.3) is 0 Å². The zero-order valence-corrected chi connectivity index (χ0v) is 29.1. The van der Waals surface area contributed by atoms with Gasteiger partial charge in [0.05, 0.1) is 12.7 Å². The molecular weight excluding hydrogens is 608 g/mol. The first-order chi connectivity index (χ1) is 23.9. The Morgan fingerprint density at radius 3 is 2.24 bits per heavy atom. The molecule has 0 heterocycles. The second-order valence-corrected chi connectivity index (χ2v) is 14.8. The Morgan fingerprint density at radius 2 is 1.53 bits per heavy atom. The summed E-state index contributed by atoms with van der Waals surface area (Å²) in [6.07, 6.45) is 6.07. The Bertz CT molecular complexity index is 1690. The van der Waals surface area contributed by atoms with Crippen LogP contribution in [0.5, 0.6) is 11.5 Å². The number of fused-ring (bicyclic) bond motifs is 5. The van der Waals surface area contributed by atoms with E-state index in [4.69, 9.17) is 14.2 Å². The predicted octanol–water partition coefficient (Wildman–Crippen LogP) is 8.65. The third-order valence-electron chi connectivity index (χ3n) is 11.3. The lowest BCUT2D eigenvalue weighted by molar-refractivity contribution is -0.116. The molecule has 6 nitrogen and oxygen atoms in total. The zero-order chi connectivity index (χ0) is 33.8. The van der Waals surface area contributed by atoms with Gasteiger partial charge in [0, 0.05) is 30.0 Å². The van der Waals surface area contributed by atoms with Gasteiger partial charge < -0.3 is 24.4 Å². The van der Waals surface area contributed by atoms with Crippen LogP contribution in [0.4, 0.5) is 5.69 Å². The lowest BCUT2D eigenvalue weighted by Crippen LogP contribution is -2.52. The molecule has 256 valence electrons. The molecule has 4 aromatic rings. The molecule has 0 spiro atoms. The maximum atomic E-state index is 12.5. The monoisotopic (exact) mass is 658 g/mol. The van der Waals surface area contributed by atoms with Gasteiger partial charge >= 0.3 is 0 Å². The highest BCUT2D eigenvalue weighted by molar-refractivity contribution is 5.90. The van der Waals surface area contributed by atoms with Crippen LogP contribution < -0.4 is 14.8 Å². The number of nitrogens with zero attached hydrogens (tertiary/aromatic N) is 1. The molecule has 0 unspecified atom stereocenters. The van der Waals surface area contributed by atoms with Crippen LogP contribution in [-0.4, -0.2) is 43.7 Å². The number of hydrogen-bond donors (Lipinski definition) is 1. The number of ether oxygens (including phenoxy) is 3. The van der Waals surface area contributed by atoms with E-state index < -0.39 is 0 Å². The van der Waals surface area contributed by atoms with Gasteiger partial charge in [-0.05, 0) is 117 Å². The van der Waals surface area contributed by atoms with Crippen molar-refractivity contribution in [2.45, 2.75) is 76.8 Å².